The van der Waals surface area contributed by atoms with Crippen LogP contribution < -0.4 is 16.0 Å². The van der Waals surface area contributed by atoms with Crippen molar-refractivity contribution in [3.8, 4) is 22.5 Å². The van der Waals surface area contributed by atoms with E-state index in [1.807, 2.05) is 64.1 Å². The number of hydrogen-bond acceptors (Lipinski definition) is 9. The van der Waals surface area contributed by atoms with E-state index in [0.717, 1.165) is 40.7 Å². The minimum atomic E-state index is -0.850. The molecule has 1 aliphatic rings. The lowest BCUT2D eigenvalue weighted by atomic mass is 9.81. The zero-order chi connectivity index (χ0) is 36.5. The lowest BCUT2D eigenvalue weighted by Gasteiger charge is -2.29. The summed E-state index contributed by atoms with van der Waals surface area (Å²) in [5, 5.41) is 22.8. The first-order valence-electron chi connectivity index (χ1n) is 17.1. The van der Waals surface area contributed by atoms with Crippen LogP contribution in [-0.2, 0) is 25.5 Å². The predicted molar refractivity (Wildman–Crippen MR) is 192 cm³/mol. The standard InChI is InChI=1S/C38H45N7O6/c1-23-6-11-29(21-31(23)36(48)50-5)26-12-7-24(8-13-26)20-32(35(47)40-30-18-16-27(17-19-30)33-42-44-45-43-33)41-34(46)28-14-9-25(10-15-28)22-39-37(49)51-38(2,3)4/h6-8,11-13,16-19,21,25,28,32H,9-10,14-15,20,22H2,1-5H3,(H,39,49)(H,40,47)(H,41,46)(H,42,43,44,45)/t25-,28-,32-/m0/s1. The summed E-state index contributed by atoms with van der Waals surface area (Å²) >= 11 is 0. The summed E-state index contributed by atoms with van der Waals surface area (Å²) in [5.41, 5.74) is 4.64. The van der Waals surface area contributed by atoms with Crippen LogP contribution in [0.3, 0.4) is 0 Å². The van der Waals surface area contributed by atoms with Gasteiger partial charge in [0.25, 0.3) is 0 Å². The molecule has 13 nitrogen and oxygen atoms in total. The number of rotatable bonds is 11. The Labute approximate surface area is 297 Å². The number of amides is 3. The van der Waals surface area contributed by atoms with Crippen LogP contribution in [0.1, 0.15) is 67.9 Å². The first-order chi connectivity index (χ1) is 24.4. The summed E-state index contributed by atoms with van der Waals surface area (Å²) in [6.45, 7) is 7.81. The highest BCUT2D eigenvalue weighted by Gasteiger charge is 2.30. The van der Waals surface area contributed by atoms with E-state index >= 15 is 0 Å². The van der Waals surface area contributed by atoms with Gasteiger partial charge in [0.05, 0.1) is 12.7 Å². The summed E-state index contributed by atoms with van der Waals surface area (Å²) < 4.78 is 10.3. The number of carbonyl (C=O) groups excluding carboxylic acids is 4. The Bertz CT molecular complexity index is 1810. The highest BCUT2D eigenvalue weighted by atomic mass is 16.6. The minimum absolute atomic E-state index is 0.173. The van der Waals surface area contributed by atoms with Crippen molar-refractivity contribution in [1.82, 2.24) is 31.3 Å². The fraction of sp³-hybridized carbons (Fsp3) is 0.395. The Morgan fingerprint density at radius 3 is 2.20 bits per heavy atom. The molecule has 0 radical (unpaired) electrons. The third kappa shape index (κ3) is 10.2. The van der Waals surface area contributed by atoms with Gasteiger partial charge >= 0.3 is 12.1 Å². The zero-order valence-corrected chi connectivity index (χ0v) is 29.6. The van der Waals surface area contributed by atoms with Gasteiger partial charge in [0.1, 0.15) is 11.6 Å². The van der Waals surface area contributed by atoms with Gasteiger partial charge in [-0.25, -0.2) is 9.59 Å². The molecule has 3 aromatic carbocycles. The third-order valence-electron chi connectivity index (χ3n) is 8.91. The number of esters is 1. The summed E-state index contributed by atoms with van der Waals surface area (Å²) in [6.07, 6.45) is 2.66. The number of nitrogens with one attached hydrogen (secondary N) is 4. The van der Waals surface area contributed by atoms with E-state index in [-0.39, 0.29) is 30.1 Å². The quantitative estimate of drug-likeness (QED) is 0.145. The van der Waals surface area contributed by atoms with Crippen molar-refractivity contribution in [3.63, 3.8) is 0 Å². The molecule has 4 N–H and O–H groups in total. The number of ether oxygens (including phenoxy) is 2. The molecule has 51 heavy (non-hydrogen) atoms. The Morgan fingerprint density at radius 2 is 1.57 bits per heavy atom. The molecule has 1 fully saturated rings. The van der Waals surface area contributed by atoms with Crippen LogP contribution in [0.2, 0.25) is 0 Å². The second-order valence-corrected chi connectivity index (χ2v) is 13.9. The highest BCUT2D eigenvalue weighted by Crippen LogP contribution is 2.29. The summed E-state index contributed by atoms with van der Waals surface area (Å²) in [6, 6.07) is 19.5. The number of benzene rings is 3. The van der Waals surface area contributed by atoms with Crippen molar-refractivity contribution in [2.45, 2.75) is 71.4 Å². The molecule has 1 aliphatic carbocycles. The maximum absolute atomic E-state index is 13.7. The number of aromatic amines is 1. The Balaban J connectivity index is 1.26. The second-order valence-electron chi connectivity index (χ2n) is 13.9. The number of nitrogens with zero attached hydrogens (tertiary/aromatic N) is 3. The van der Waals surface area contributed by atoms with E-state index < -0.39 is 23.7 Å². The molecule has 0 aliphatic heterocycles. The number of H-pyrrole nitrogens is 1. The first kappa shape index (κ1) is 36.7. The molecular weight excluding hydrogens is 650 g/mol. The topological polar surface area (TPSA) is 177 Å². The zero-order valence-electron chi connectivity index (χ0n) is 29.6. The minimum Gasteiger partial charge on any atom is -0.465 e. The molecule has 268 valence electrons. The average Bonchev–Trinajstić information content (AvgIpc) is 3.66. The number of aryl methyl sites for hydroxylation is 1. The van der Waals surface area contributed by atoms with Gasteiger partial charge in [-0.15, -0.1) is 10.2 Å². The molecule has 1 aromatic heterocycles. The van der Waals surface area contributed by atoms with Crippen molar-refractivity contribution in [2.24, 2.45) is 11.8 Å². The van der Waals surface area contributed by atoms with Crippen molar-refractivity contribution in [3.05, 3.63) is 83.4 Å². The van der Waals surface area contributed by atoms with Crippen LogP contribution in [0.15, 0.2) is 66.7 Å². The number of anilines is 1. The SMILES string of the molecule is COC(=O)c1cc(-c2ccc(C[C@H](NC(=O)[C@H]3CC[C@H](CNC(=O)OC(C)(C)C)CC3)C(=O)Nc3ccc(-c4nn[nH]n4)cc3)cc2)ccc1C. The largest absolute Gasteiger partial charge is 0.465 e. The molecular formula is C38H45N7O6. The van der Waals surface area contributed by atoms with Gasteiger partial charge in [-0.05, 0) is 117 Å². The van der Waals surface area contributed by atoms with Crippen LogP contribution in [0.25, 0.3) is 22.5 Å². The lowest BCUT2D eigenvalue weighted by Crippen LogP contribution is -2.48. The van der Waals surface area contributed by atoms with Gasteiger partial charge in [0.2, 0.25) is 17.6 Å². The normalized spacial score (nSPS) is 16.4. The second kappa shape index (κ2) is 16.4. The van der Waals surface area contributed by atoms with Crippen molar-refractivity contribution >= 4 is 29.6 Å². The van der Waals surface area contributed by atoms with Crippen molar-refractivity contribution in [2.75, 3.05) is 19.0 Å². The Hall–Kier alpha value is -5.59. The van der Waals surface area contributed by atoms with Gasteiger partial charge in [0.15, 0.2) is 0 Å². The van der Waals surface area contributed by atoms with Crippen LogP contribution in [0, 0.1) is 18.8 Å². The van der Waals surface area contributed by atoms with Gasteiger partial charge in [-0.3, -0.25) is 9.59 Å². The fourth-order valence-electron chi connectivity index (χ4n) is 6.09. The van der Waals surface area contributed by atoms with Crippen molar-refractivity contribution < 1.29 is 28.7 Å². The van der Waals surface area contributed by atoms with Gasteiger partial charge in [-0.1, -0.05) is 36.4 Å². The third-order valence-corrected chi connectivity index (χ3v) is 8.91. The molecule has 5 rings (SSSR count). The summed E-state index contributed by atoms with van der Waals surface area (Å²) in [4.78, 5) is 51.7. The van der Waals surface area contributed by atoms with Gasteiger partial charge in [-0.2, -0.15) is 5.21 Å². The molecule has 1 atom stereocenters. The predicted octanol–water partition coefficient (Wildman–Crippen LogP) is 5.63. The fourth-order valence-corrected chi connectivity index (χ4v) is 6.09. The number of tetrazole rings is 1. The van der Waals surface area contributed by atoms with E-state index in [2.05, 4.69) is 36.6 Å². The molecule has 4 aromatic rings. The van der Waals surface area contributed by atoms with Crippen LogP contribution >= 0.6 is 0 Å². The van der Waals surface area contributed by atoms with E-state index in [4.69, 9.17) is 9.47 Å². The monoisotopic (exact) mass is 695 g/mol. The number of hydrogen-bond donors (Lipinski definition) is 4. The van der Waals surface area contributed by atoms with E-state index in [1.54, 1.807) is 30.3 Å². The number of alkyl carbamates (subject to hydrolysis) is 1. The van der Waals surface area contributed by atoms with Crippen LogP contribution in [0.5, 0.6) is 0 Å². The maximum Gasteiger partial charge on any atom is 0.407 e. The van der Waals surface area contributed by atoms with E-state index in [9.17, 15) is 19.2 Å². The Kier molecular flexibility index (Phi) is 11.8. The van der Waals surface area contributed by atoms with E-state index in [0.29, 0.717) is 36.5 Å². The number of methoxy groups -OCH3 is 1. The summed E-state index contributed by atoms with van der Waals surface area (Å²) in [7, 11) is 1.36. The van der Waals surface area contributed by atoms with E-state index in [1.165, 1.54) is 7.11 Å². The average molecular weight is 696 g/mol. The molecule has 3 amide bonds. The molecule has 0 saturated heterocycles. The number of carbonyl (C=O) groups is 4. The molecule has 0 spiro atoms. The molecule has 13 heteroatoms. The van der Waals surface area contributed by atoms with Crippen LogP contribution in [-0.4, -0.2) is 69.8 Å². The summed E-state index contributed by atoms with van der Waals surface area (Å²) in [5.74, 6) is -0.494. The molecule has 0 bridgehead atoms. The highest BCUT2D eigenvalue weighted by molar-refractivity contribution is 5.98. The van der Waals surface area contributed by atoms with Crippen LogP contribution in [0.4, 0.5) is 10.5 Å². The van der Waals surface area contributed by atoms with Gasteiger partial charge < -0.3 is 25.4 Å². The first-order valence-corrected chi connectivity index (χ1v) is 17.1. The van der Waals surface area contributed by atoms with Gasteiger partial charge in [0, 0.05) is 30.1 Å². The number of aromatic nitrogens is 4. The molecule has 1 heterocycles. The molecule has 1 saturated carbocycles. The Morgan fingerprint density at radius 1 is 0.902 bits per heavy atom. The smallest absolute Gasteiger partial charge is 0.407 e. The lowest BCUT2D eigenvalue weighted by molar-refractivity contribution is -0.130. The maximum atomic E-state index is 13.7. The van der Waals surface area contributed by atoms with Crippen molar-refractivity contribution in [1.29, 1.82) is 0 Å². The molecule has 0 unspecified atom stereocenters.